The van der Waals surface area contributed by atoms with Crippen LogP contribution in [0, 0.1) is 0 Å². The number of halogens is 3. The van der Waals surface area contributed by atoms with E-state index >= 15 is 0 Å². The molecule has 0 fully saturated rings. The summed E-state index contributed by atoms with van der Waals surface area (Å²) in [7, 11) is 0. The molecular weight excluding hydrogens is 335 g/mol. The number of hydrogen-bond acceptors (Lipinski definition) is 3. The van der Waals surface area contributed by atoms with E-state index in [9.17, 15) is 18.0 Å². The average Bonchev–Trinajstić information content (AvgIpc) is 2.99. The first-order valence-electron chi connectivity index (χ1n) is 7.46. The minimum Gasteiger partial charge on any atom is -0.308 e. The zero-order valence-corrected chi connectivity index (χ0v) is 13.1. The first-order valence-corrected chi connectivity index (χ1v) is 7.46. The Balaban J connectivity index is 1.73. The molecule has 0 aliphatic rings. The van der Waals surface area contributed by atoms with E-state index in [1.165, 1.54) is 12.1 Å². The van der Waals surface area contributed by atoms with Gasteiger partial charge in [-0.3, -0.25) is 0 Å². The number of alkyl halides is 3. The van der Waals surface area contributed by atoms with Gasteiger partial charge < -0.3 is 10.6 Å². The standard InChI is InChI=1S/C16H14F3N5O/c1-2-13-22-14-12(4-3-9-24(14)23-13)21-15(25)20-11-7-5-10(6-8-11)16(17,18)19/h3-9H,2H2,1H3,(H2,20,21,25). The summed E-state index contributed by atoms with van der Waals surface area (Å²) < 4.78 is 39.2. The molecule has 0 saturated heterocycles. The van der Waals surface area contributed by atoms with Gasteiger partial charge in [0, 0.05) is 18.3 Å². The van der Waals surface area contributed by atoms with Gasteiger partial charge >= 0.3 is 12.2 Å². The fourth-order valence-corrected chi connectivity index (χ4v) is 2.22. The summed E-state index contributed by atoms with van der Waals surface area (Å²) in [5.41, 5.74) is 0.396. The second kappa shape index (κ2) is 6.42. The van der Waals surface area contributed by atoms with Gasteiger partial charge in [-0.1, -0.05) is 6.92 Å². The van der Waals surface area contributed by atoms with Crippen LogP contribution in [0.3, 0.4) is 0 Å². The van der Waals surface area contributed by atoms with E-state index in [2.05, 4.69) is 20.7 Å². The smallest absolute Gasteiger partial charge is 0.308 e. The normalized spacial score (nSPS) is 11.5. The van der Waals surface area contributed by atoms with E-state index in [1.54, 1.807) is 22.8 Å². The summed E-state index contributed by atoms with van der Waals surface area (Å²) in [6, 6.07) is 6.97. The summed E-state index contributed by atoms with van der Waals surface area (Å²) in [5, 5.41) is 9.34. The molecule has 130 valence electrons. The molecule has 0 unspecified atom stereocenters. The highest BCUT2D eigenvalue weighted by Gasteiger charge is 2.29. The van der Waals surface area contributed by atoms with E-state index in [0.29, 0.717) is 23.6 Å². The number of carbonyl (C=O) groups is 1. The number of anilines is 2. The number of pyridine rings is 1. The minimum absolute atomic E-state index is 0.244. The van der Waals surface area contributed by atoms with Gasteiger partial charge in [-0.05, 0) is 36.4 Å². The van der Waals surface area contributed by atoms with Crippen LogP contribution in [0.1, 0.15) is 18.3 Å². The van der Waals surface area contributed by atoms with E-state index in [-0.39, 0.29) is 5.69 Å². The Kier molecular flexibility index (Phi) is 4.30. The van der Waals surface area contributed by atoms with Crippen LogP contribution in [0.4, 0.5) is 29.3 Å². The predicted octanol–water partition coefficient (Wildman–Crippen LogP) is 3.95. The third-order valence-electron chi connectivity index (χ3n) is 3.44. The molecule has 0 aliphatic carbocycles. The van der Waals surface area contributed by atoms with Crippen molar-refractivity contribution in [3.63, 3.8) is 0 Å². The van der Waals surface area contributed by atoms with Crippen LogP contribution in [0.25, 0.3) is 5.65 Å². The summed E-state index contributed by atoms with van der Waals surface area (Å²) in [5.74, 6) is 0.636. The summed E-state index contributed by atoms with van der Waals surface area (Å²) in [6.07, 6.45) is -2.06. The maximum atomic E-state index is 12.5. The molecule has 2 aromatic heterocycles. The molecule has 0 saturated carbocycles. The molecule has 3 aromatic rings. The number of carbonyl (C=O) groups excluding carboxylic acids is 1. The van der Waals surface area contributed by atoms with E-state index in [4.69, 9.17) is 0 Å². The van der Waals surface area contributed by atoms with Crippen LogP contribution in [0.15, 0.2) is 42.6 Å². The van der Waals surface area contributed by atoms with Crippen LogP contribution >= 0.6 is 0 Å². The lowest BCUT2D eigenvalue weighted by Gasteiger charge is -2.10. The fourth-order valence-electron chi connectivity index (χ4n) is 2.22. The Hall–Kier alpha value is -3.10. The number of benzene rings is 1. The molecule has 0 aliphatic heterocycles. The number of urea groups is 1. The molecule has 2 heterocycles. The molecule has 0 atom stereocenters. The van der Waals surface area contributed by atoms with Crippen molar-refractivity contribution in [3.8, 4) is 0 Å². The number of nitrogens with zero attached hydrogens (tertiary/aromatic N) is 3. The maximum Gasteiger partial charge on any atom is 0.416 e. The van der Waals surface area contributed by atoms with E-state index < -0.39 is 17.8 Å². The third kappa shape index (κ3) is 3.70. The largest absolute Gasteiger partial charge is 0.416 e. The topological polar surface area (TPSA) is 71.3 Å². The number of fused-ring (bicyclic) bond motifs is 1. The highest BCUT2D eigenvalue weighted by molar-refractivity contribution is 6.01. The number of aromatic nitrogens is 3. The predicted molar refractivity (Wildman–Crippen MR) is 86.5 cm³/mol. The quantitative estimate of drug-likeness (QED) is 0.752. The number of nitrogens with one attached hydrogen (secondary N) is 2. The van der Waals surface area contributed by atoms with Gasteiger partial charge in [0.1, 0.15) is 0 Å². The summed E-state index contributed by atoms with van der Waals surface area (Å²) in [4.78, 5) is 16.4. The van der Waals surface area contributed by atoms with Crippen LogP contribution < -0.4 is 10.6 Å². The molecule has 3 rings (SSSR count). The van der Waals surface area contributed by atoms with Gasteiger partial charge in [0.15, 0.2) is 11.5 Å². The zero-order chi connectivity index (χ0) is 18.0. The van der Waals surface area contributed by atoms with Gasteiger partial charge in [-0.25, -0.2) is 14.3 Å². The Bertz CT molecular complexity index is 902. The minimum atomic E-state index is -4.42. The van der Waals surface area contributed by atoms with Crippen molar-refractivity contribution in [1.82, 2.24) is 14.6 Å². The highest BCUT2D eigenvalue weighted by atomic mass is 19.4. The van der Waals surface area contributed by atoms with Crippen molar-refractivity contribution in [1.29, 1.82) is 0 Å². The second-order valence-electron chi connectivity index (χ2n) is 5.23. The number of hydrogen-bond donors (Lipinski definition) is 2. The average molecular weight is 349 g/mol. The molecule has 9 heteroatoms. The van der Waals surface area contributed by atoms with Crippen molar-refractivity contribution in [2.45, 2.75) is 19.5 Å². The molecule has 1 aromatic carbocycles. The molecule has 2 amide bonds. The summed E-state index contributed by atoms with van der Waals surface area (Å²) in [6.45, 7) is 1.92. The van der Waals surface area contributed by atoms with E-state index in [1.807, 2.05) is 6.92 Å². The van der Waals surface area contributed by atoms with Crippen LogP contribution in [0.2, 0.25) is 0 Å². The van der Waals surface area contributed by atoms with Crippen molar-refractivity contribution in [2.24, 2.45) is 0 Å². The SMILES string of the molecule is CCc1nc2c(NC(=O)Nc3ccc(C(F)(F)F)cc3)cccn2n1. The van der Waals surface area contributed by atoms with Crippen molar-refractivity contribution in [2.75, 3.05) is 10.6 Å². The van der Waals surface area contributed by atoms with Crippen molar-refractivity contribution < 1.29 is 18.0 Å². The van der Waals surface area contributed by atoms with Gasteiger partial charge in [0.2, 0.25) is 0 Å². The third-order valence-corrected chi connectivity index (χ3v) is 3.44. The fraction of sp³-hybridized carbons (Fsp3) is 0.188. The molecule has 2 N–H and O–H groups in total. The first-order chi connectivity index (χ1) is 11.9. The lowest BCUT2D eigenvalue weighted by Crippen LogP contribution is -2.20. The number of aryl methyl sites for hydroxylation is 1. The number of amides is 2. The lowest BCUT2D eigenvalue weighted by atomic mass is 10.2. The molecule has 6 nitrogen and oxygen atoms in total. The molecule has 0 bridgehead atoms. The van der Waals surface area contributed by atoms with E-state index in [0.717, 1.165) is 12.1 Å². The second-order valence-corrected chi connectivity index (χ2v) is 5.23. The summed E-state index contributed by atoms with van der Waals surface area (Å²) >= 11 is 0. The van der Waals surface area contributed by atoms with Crippen molar-refractivity contribution in [3.05, 3.63) is 54.0 Å². The van der Waals surface area contributed by atoms with Crippen LogP contribution in [-0.4, -0.2) is 20.6 Å². The Labute approximate surface area is 140 Å². The number of rotatable bonds is 3. The zero-order valence-electron chi connectivity index (χ0n) is 13.1. The Morgan fingerprint density at radius 1 is 1.16 bits per heavy atom. The molecule has 0 spiro atoms. The Morgan fingerprint density at radius 3 is 2.52 bits per heavy atom. The van der Waals surface area contributed by atoms with Crippen LogP contribution in [-0.2, 0) is 12.6 Å². The lowest BCUT2D eigenvalue weighted by molar-refractivity contribution is -0.137. The Morgan fingerprint density at radius 2 is 1.88 bits per heavy atom. The van der Waals surface area contributed by atoms with Gasteiger partial charge in [0.25, 0.3) is 0 Å². The van der Waals surface area contributed by atoms with Gasteiger partial charge in [-0.2, -0.15) is 18.3 Å². The van der Waals surface area contributed by atoms with Gasteiger partial charge in [-0.15, -0.1) is 0 Å². The monoisotopic (exact) mass is 349 g/mol. The molecular formula is C16H14F3N5O. The highest BCUT2D eigenvalue weighted by Crippen LogP contribution is 2.29. The van der Waals surface area contributed by atoms with Crippen molar-refractivity contribution >= 4 is 23.1 Å². The maximum absolute atomic E-state index is 12.5. The van der Waals surface area contributed by atoms with Gasteiger partial charge in [0.05, 0.1) is 11.3 Å². The van der Waals surface area contributed by atoms with Crippen LogP contribution in [0.5, 0.6) is 0 Å². The molecule has 25 heavy (non-hydrogen) atoms. The molecule has 0 radical (unpaired) electrons. The first kappa shape index (κ1) is 16.7.